The molecule has 0 saturated heterocycles. The molecule has 0 aromatic heterocycles. The summed E-state index contributed by atoms with van der Waals surface area (Å²) in [5.74, 6) is 1.47. The summed E-state index contributed by atoms with van der Waals surface area (Å²) in [5.41, 5.74) is 2.24. The Labute approximate surface area is 201 Å². The Bertz CT molecular complexity index is 1370. The normalized spacial score (nSPS) is 18.9. The molecule has 1 spiro atoms. The number of amides is 2. The molecule has 176 valence electrons. The van der Waals surface area contributed by atoms with Gasteiger partial charge < -0.3 is 24.4 Å². The Kier molecular flexibility index (Phi) is 4.95. The number of para-hydroxylation sites is 1. The highest BCUT2D eigenvalue weighted by molar-refractivity contribution is 6.11. The zero-order valence-electron chi connectivity index (χ0n) is 18.8. The number of hydrogen-bond donors (Lipinski definition) is 1. The highest BCUT2D eigenvalue weighted by atomic mass is 16.7. The first-order chi connectivity index (χ1) is 17.1. The van der Waals surface area contributed by atoms with Crippen molar-refractivity contribution in [2.75, 3.05) is 31.4 Å². The quantitative estimate of drug-likeness (QED) is 0.440. The largest absolute Gasteiger partial charge is 0.491 e. The minimum absolute atomic E-state index is 0.0612. The Morgan fingerprint density at radius 2 is 1.74 bits per heavy atom. The second-order valence-corrected chi connectivity index (χ2v) is 8.68. The molecule has 3 aromatic rings. The van der Waals surface area contributed by atoms with E-state index in [0.29, 0.717) is 54.2 Å². The van der Waals surface area contributed by atoms with E-state index >= 15 is 0 Å². The Morgan fingerprint density at radius 1 is 0.971 bits per heavy atom. The third kappa shape index (κ3) is 3.17. The fourth-order valence-electron chi connectivity index (χ4n) is 5.13. The van der Waals surface area contributed by atoms with Crippen LogP contribution < -0.4 is 24.4 Å². The van der Waals surface area contributed by atoms with Crippen molar-refractivity contribution >= 4 is 23.8 Å². The molecular weight excluding hydrogens is 448 g/mol. The summed E-state index contributed by atoms with van der Waals surface area (Å²) in [7, 11) is 0. The molecule has 3 aliphatic rings. The molecule has 35 heavy (non-hydrogen) atoms. The standard InChI is InChI=1S/C27H22N2O6/c30-14-17-6-1-2-7-18(17)25(31)28-10-5-11-29-21-9-4-3-8-19(21)27(26(29)32)15-33-22-13-24-23(12-20(22)27)34-16-35-24/h1-4,6-9,12-14H,5,10-11,15-16H2,(H,28,31). The fraction of sp³-hybridized carbons (Fsp3) is 0.222. The summed E-state index contributed by atoms with van der Waals surface area (Å²) in [6, 6.07) is 18.0. The number of benzene rings is 3. The van der Waals surface area contributed by atoms with Gasteiger partial charge in [-0.1, -0.05) is 36.4 Å². The monoisotopic (exact) mass is 470 g/mol. The number of nitrogens with one attached hydrogen (secondary N) is 1. The van der Waals surface area contributed by atoms with Gasteiger partial charge in [0, 0.05) is 41.5 Å². The average Bonchev–Trinajstić information content (AvgIpc) is 3.57. The van der Waals surface area contributed by atoms with E-state index in [-0.39, 0.29) is 25.2 Å². The molecule has 1 N–H and O–H groups in total. The lowest BCUT2D eigenvalue weighted by atomic mass is 9.77. The van der Waals surface area contributed by atoms with Gasteiger partial charge in [0.2, 0.25) is 12.7 Å². The summed E-state index contributed by atoms with van der Waals surface area (Å²) in [5, 5.41) is 2.85. The van der Waals surface area contributed by atoms with Crippen molar-refractivity contribution in [3.05, 3.63) is 82.9 Å². The van der Waals surface area contributed by atoms with Crippen LogP contribution >= 0.6 is 0 Å². The number of anilines is 1. The van der Waals surface area contributed by atoms with Crippen LogP contribution in [0.25, 0.3) is 0 Å². The summed E-state index contributed by atoms with van der Waals surface area (Å²) in [4.78, 5) is 39.4. The molecule has 0 fully saturated rings. The van der Waals surface area contributed by atoms with Crippen molar-refractivity contribution in [1.29, 1.82) is 0 Å². The molecule has 3 aromatic carbocycles. The molecular formula is C27H22N2O6. The second-order valence-electron chi connectivity index (χ2n) is 8.68. The second kappa shape index (κ2) is 8.16. The number of ether oxygens (including phenoxy) is 3. The minimum atomic E-state index is -0.945. The molecule has 0 saturated carbocycles. The van der Waals surface area contributed by atoms with E-state index in [9.17, 15) is 14.4 Å². The SMILES string of the molecule is O=Cc1ccccc1C(=O)NCCCN1C(=O)C2(COc3cc4c(cc32)OCO4)c2ccccc21. The van der Waals surface area contributed by atoms with Gasteiger partial charge in [0.15, 0.2) is 17.8 Å². The number of carbonyl (C=O) groups is 3. The van der Waals surface area contributed by atoms with E-state index < -0.39 is 5.41 Å². The van der Waals surface area contributed by atoms with E-state index in [2.05, 4.69) is 5.32 Å². The molecule has 8 heteroatoms. The lowest BCUT2D eigenvalue weighted by Gasteiger charge is -2.23. The molecule has 0 bridgehead atoms. The van der Waals surface area contributed by atoms with Crippen molar-refractivity contribution < 1.29 is 28.6 Å². The fourth-order valence-corrected chi connectivity index (χ4v) is 5.13. The highest BCUT2D eigenvalue weighted by Crippen LogP contribution is 2.54. The van der Waals surface area contributed by atoms with Crippen molar-refractivity contribution in [2.24, 2.45) is 0 Å². The van der Waals surface area contributed by atoms with E-state index in [0.717, 1.165) is 16.8 Å². The third-order valence-corrected chi connectivity index (χ3v) is 6.82. The zero-order valence-corrected chi connectivity index (χ0v) is 18.8. The van der Waals surface area contributed by atoms with Gasteiger partial charge in [-0.05, 0) is 30.2 Å². The van der Waals surface area contributed by atoms with E-state index in [4.69, 9.17) is 14.2 Å². The summed E-state index contributed by atoms with van der Waals surface area (Å²) >= 11 is 0. The summed E-state index contributed by atoms with van der Waals surface area (Å²) < 4.78 is 17.0. The van der Waals surface area contributed by atoms with Gasteiger partial charge in [-0.15, -0.1) is 0 Å². The van der Waals surface area contributed by atoms with Gasteiger partial charge in [0.1, 0.15) is 17.8 Å². The van der Waals surface area contributed by atoms with Crippen LogP contribution in [0.4, 0.5) is 5.69 Å². The summed E-state index contributed by atoms with van der Waals surface area (Å²) in [6.07, 6.45) is 1.21. The first-order valence-corrected chi connectivity index (χ1v) is 11.4. The van der Waals surface area contributed by atoms with Gasteiger partial charge >= 0.3 is 0 Å². The maximum atomic E-state index is 13.9. The molecule has 8 nitrogen and oxygen atoms in total. The lowest BCUT2D eigenvalue weighted by Crippen LogP contribution is -2.43. The third-order valence-electron chi connectivity index (χ3n) is 6.82. The average molecular weight is 470 g/mol. The number of nitrogens with zero attached hydrogens (tertiary/aromatic N) is 1. The maximum absolute atomic E-state index is 13.9. The first kappa shape index (κ1) is 21.2. The molecule has 2 amide bonds. The minimum Gasteiger partial charge on any atom is -0.491 e. The van der Waals surface area contributed by atoms with Crippen LogP contribution in [0.2, 0.25) is 0 Å². The molecule has 3 aliphatic heterocycles. The predicted molar refractivity (Wildman–Crippen MR) is 126 cm³/mol. The molecule has 0 aliphatic carbocycles. The van der Waals surface area contributed by atoms with Crippen molar-refractivity contribution in [3.8, 4) is 17.2 Å². The maximum Gasteiger partial charge on any atom is 0.252 e. The molecule has 1 atom stereocenters. The topological polar surface area (TPSA) is 94.2 Å². The number of fused-ring (bicyclic) bond motifs is 5. The van der Waals surface area contributed by atoms with Crippen LogP contribution in [0.5, 0.6) is 17.2 Å². The molecule has 6 rings (SSSR count). The van der Waals surface area contributed by atoms with Gasteiger partial charge in [-0.3, -0.25) is 14.4 Å². The summed E-state index contributed by atoms with van der Waals surface area (Å²) in [6.45, 7) is 1.13. The zero-order chi connectivity index (χ0) is 24.0. The predicted octanol–water partition coefficient (Wildman–Crippen LogP) is 3.07. The van der Waals surface area contributed by atoms with Gasteiger partial charge in [0.25, 0.3) is 5.91 Å². The van der Waals surface area contributed by atoms with Crippen LogP contribution in [0.1, 0.15) is 38.3 Å². The van der Waals surface area contributed by atoms with E-state index in [1.165, 1.54) is 0 Å². The van der Waals surface area contributed by atoms with Crippen LogP contribution in [-0.2, 0) is 10.2 Å². The van der Waals surface area contributed by atoms with E-state index in [1.807, 2.05) is 30.3 Å². The number of rotatable bonds is 6. The Morgan fingerprint density at radius 3 is 2.60 bits per heavy atom. The van der Waals surface area contributed by atoms with Crippen molar-refractivity contribution in [3.63, 3.8) is 0 Å². The number of hydrogen-bond acceptors (Lipinski definition) is 6. The highest BCUT2D eigenvalue weighted by Gasteiger charge is 2.57. The van der Waals surface area contributed by atoms with Crippen LogP contribution in [-0.4, -0.2) is 44.6 Å². The van der Waals surface area contributed by atoms with Gasteiger partial charge in [0.05, 0.1) is 0 Å². The van der Waals surface area contributed by atoms with Crippen LogP contribution in [0, 0.1) is 0 Å². The number of carbonyl (C=O) groups excluding carboxylic acids is 3. The van der Waals surface area contributed by atoms with Gasteiger partial charge in [-0.2, -0.15) is 0 Å². The number of aldehydes is 1. The molecule has 1 unspecified atom stereocenters. The van der Waals surface area contributed by atoms with Crippen molar-refractivity contribution in [2.45, 2.75) is 11.8 Å². The van der Waals surface area contributed by atoms with Crippen molar-refractivity contribution in [1.82, 2.24) is 5.32 Å². The smallest absolute Gasteiger partial charge is 0.252 e. The van der Waals surface area contributed by atoms with Gasteiger partial charge in [-0.25, -0.2) is 0 Å². The van der Waals surface area contributed by atoms with E-state index in [1.54, 1.807) is 35.2 Å². The van der Waals surface area contributed by atoms with Crippen LogP contribution in [0.15, 0.2) is 60.7 Å². The Balaban J connectivity index is 1.22. The molecule has 3 heterocycles. The Hall–Kier alpha value is -4.33. The lowest BCUT2D eigenvalue weighted by molar-refractivity contribution is -0.122. The first-order valence-electron chi connectivity index (χ1n) is 11.4. The molecule has 0 radical (unpaired) electrons. The van der Waals surface area contributed by atoms with Crippen LogP contribution in [0.3, 0.4) is 0 Å².